The maximum atomic E-state index is 11.8. The number of amides is 1. The second kappa shape index (κ2) is 7.02. The Labute approximate surface area is 135 Å². The van der Waals surface area contributed by atoms with Gasteiger partial charge in [0.05, 0.1) is 6.04 Å². The van der Waals surface area contributed by atoms with Crippen LogP contribution in [0.2, 0.25) is 0 Å². The molecule has 3 N–H and O–H groups in total. The van der Waals surface area contributed by atoms with Crippen LogP contribution in [0.5, 0.6) is 5.75 Å². The normalized spacial score (nSPS) is 20.4. The largest absolute Gasteiger partial charge is 0.490 e. The first-order valence-corrected chi connectivity index (χ1v) is 8.07. The van der Waals surface area contributed by atoms with E-state index < -0.39 is 6.10 Å². The van der Waals surface area contributed by atoms with Gasteiger partial charge in [0.25, 0.3) is 0 Å². The summed E-state index contributed by atoms with van der Waals surface area (Å²) >= 11 is 0. The second-order valence-electron chi connectivity index (χ2n) is 5.87. The van der Waals surface area contributed by atoms with Gasteiger partial charge in [-0.3, -0.25) is 9.69 Å². The van der Waals surface area contributed by atoms with Crippen LogP contribution in [-0.2, 0) is 4.79 Å². The van der Waals surface area contributed by atoms with Gasteiger partial charge in [-0.15, -0.1) is 0 Å². The van der Waals surface area contributed by atoms with Crippen LogP contribution in [0.4, 0.5) is 0 Å². The Morgan fingerprint density at radius 1 is 1.43 bits per heavy atom. The van der Waals surface area contributed by atoms with E-state index in [0.717, 1.165) is 29.6 Å². The summed E-state index contributed by atoms with van der Waals surface area (Å²) in [5, 5.41) is 14.1. The van der Waals surface area contributed by atoms with Crippen LogP contribution in [0.1, 0.15) is 13.3 Å². The zero-order valence-electron chi connectivity index (χ0n) is 13.3. The van der Waals surface area contributed by atoms with Crippen molar-refractivity contribution in [3.63, 3.8) is 0 Å². The highest BCUT2D eigenvalue weighted by atomic mass is 16.5. The van der Waals surface area contributed by atoms with E-state index in [4.69, 9.17) is 4.74 Å². The molecule has 0 aliphatic carbocycles. The smallest absolute Gasteiger partial charge is 0.237 e. The molecule has 1 saturated heterocycles. The first-order valence-electron chi connectivity index (χ1n) is 8.07. The molecular weight excluding hydrogens is 294 g/mol. The van der Waals surface area contributed by atoms with Gasteiger partial charge in [-0.25, -0.2) is 0 Å². The number of ether oxygens (including phenoxy) is 1. The van der Waals surface area contributed by atoms with E-state index in [1.165, 1.54) is 0 Å². The van der Waals surface area contributed by atoms with Crippen LogP contribution in [-0.4, -0.2) is 59.3 Å². The summed E-state index contributed by atoms with van der Waals surface area (Å²) in [5.74, 6) is 0.801. The fourth-order valence-corrected chi connectivity index (χ4v) is 3.12. The van der Waals surface area contributed by atoms with Crippen molar-refractivity contribution in [1.82, 2.24) is 15.2 Å². The van der Waals surface area contributed by atoms with Crippen molar-refractivity contribution in [1.29, 1.82) is 0 Å². The third kappa shape index (κ3) is 3.48. The molecule has 1 aromatic carbocycles. The molecule has 2 heterocycles. The number of fused-ring (bicyclic) bond motifs is 1. The van der Waals surface area contributed by atoms with Gasteiger partial charge in [-0.1, -0.05) is 13.0 Å². The number of benzene rings is 1. The second-order valence-corrected chi connectivity index (χ2v) is 5.87. The predicted molar refractivity (Wildman–Crippen MR) is 88.5 cm³/mol. The molecule has 1 aliphatic heterocycles. The van der Waals surface area contributed by atoms with Crippen molar-refractivity contribution in [2.45, 2.75) is 25.5 Å². The van der Waals surface area contributed by atoms with Gasteiger partial charge in [0.1, 0.15) is 18.5 Å². The minimum absolute atomic E-state index is 0.0453. The summed E-state index contributed by atoms with van der Waals surface area (Å²) in [4.78, 5) is 17.0. The van der Waals surface area contributed by atoms with E-state index in [9.17, 15) is 9.90 Å². The Morgan fingerprint density at radius 2 is 2.30 bits per heavy atom. The Balaban J connectivity index is 1.58. The number of piperazine rings is 1. The number of aromatic amines is 1. The van der Waals surface area contributed by atoms with Gasteiger partial charge >= 0.3 is 0 Å². The SMILES string of the molecule is CCC1C(=O)NCCN1CC(O)COc1cccc2[nH]ccc12. The number of nitrogens with zero attached hydrogens (tertiary/aromatic N) is 1. The van der Waals surface area contributed by atoms with Crippen molar-refractivity contribution in [3.05, 3.63) is 30.5 Å². The first-order chi connectivity index (χ1) is 11.2. The molecule has 1 aliphatic rings. The van der Waals surface area contributed by atoms with Gasteiger partial charge in [0.2, 0.25) is 5.91 Å². The monoisotopic (exact) mass is 317 g/mol. The highest BCUT2D eigenvalue weighted by Crippen LogP contribution is 2.24. The van der Waals surface area contributed by atoms with E-state index >= 15 is 0 Å². The number of H-pyrrole nitrogens is 1. The fourth-order valence-electron chi connectivity index (χ4n) is 3.12. The first kappa shape index (κ1) is 15.8. The van der Waals surface area contributed by atoms with Crippen LogP contribution in [0, 0.1) is 0 Å². The van der Waals surface area contributed by atoms with Crippen LogP contribution in [0.3, 0.4) is 0 Å². The molecule has 0 radical (unpaired) electrons. The zero-order valence-corrected chi connectivity index (χ0v) is 13.3. The lowest BCUT2D eigenvalue weighted by Crippen LogP contribution is -2.56. The number of carbonyl (C=O) groups is 1. The van der Waals surface area contributed by atoms with Crippen molar-refractivity contribution < 1.29 is 14.6 Å². The molecule has 2 aromatic rings. The number of hydrogen-bond acceptors (Lipinski definition) is 4. The standard InChI is InChI=1S/C17H23N3O3/c1-2-15-17(22)19-8-9-20(15)10-12(21)11-23-16-5-3-4-14-13(16)6-7-18-14/h3-7,12,15,18,21H,2,8-11H2,1H3,(H,19,22). The Morgan fingerprint density at radius 3 is 3.13 bits per heavy atom. The summed E-state index contributed by atoms with van der Waals surface area (Å²) in [6.45, 7) is 4.02. The maximum Gasteiger partial charge on any atom is 0.237 e. The minimum Gasteiger partial charge on any atom is -0.490 e. The summed E-state index contributed by atoms with van der Waals surface area (Å²) in [6.07, 6.45) is 1.97. The lowest BCUT2D eigenvalue weighted by molar-refractivity contribution is -0.129. The molecular formula is C17H23N3O3. The molecule has 2 atom stereocenters. The lowest BCUT2D eigenvalue weighted by atomic mass is 10.1. The van der Waals surface area contributed by atoms with Crippen LogP contribution < -0.4 is 10.1 Å². The highest BCUT2D eigenvalue weighted by molar-refractivity contribution is 5.85. The van der Waals surface area contributed by atoms with Crippen LogP contribution in [0.25, 0.3) is 10.9 Å². The van der Waals surface area contributed by atoms with Crippen molar-refractivity contribution in [3.8, 4) is 5.75 Å². The topological polar surface area (TPSA) is 77.6 Å². The van der Waals surface area contributed by atoms with Gasteiger partial charge in [0, 0.05) is 36.7 Å². The predicted octanol–water partition coefficient (Wildman–Crippen LogP) is 1.12. The van der Waals surface area contributed by atoms with E-state index in [2.05, 4.69) is 10.3 Å². The molecule has 0 bridgehead atoms. The molecule has 3 rings (SSSR count). The Bertz CT molecular complexity index is 670. The number of aliphatic hydroxyl groups excluding tert-OH is 1. The average molecular weight is 317 g/mol. The van der Waals surface area contributed by atoms with Crippen LogP contribution in [0.15, 0.2) is 30.5 Å². The molecule has 1 amide bonds. The van der Waals surface area contributed by atoms with Gasteiger partial charge in [0.15, 0.2) is 0 Å². The molecule has 6 nitrogen and oxygen atoms in total. The summed E-state index contributed by atoms with van der Waals surface area (Å²) < 4.78 is 5.78. The number of β-amino-alcohol motifs (C(OH)–C–C–N with tert-alkyl or cyclic N) is 1. The van der Waals surface area contributed by atoms with E-state index in [0.29, 0.717) is 13.1 Å². The number of carbonyl (C=O) groups excluding carboxylic acids is 1. The summed E-state index contributed by atoms with van der Waals surface area (Å²) in [5.41, 5.74) is 1.01. The minimum atomic E-state index is -0.635. The summed E-state index contributed by atoms with van der Waals surface area (Å²) in [6, 6.07) is 7.59. The number of rotatable bonds is 6. The molecule has 2 unspecified atom stereocenters. The third-order valence-corrected chi connectivity index (χ3v) is 4.26. The molecule has 1 fully saturated rings. The van der Waals surface area contributed by atoms with E-state index in [-0.39, 0.29) is 18.6 Å². The number of hydrogen-bond donors (Lipinski definition) is 3. The number of aliphatic hydroxyl groups is 1. The van der Waals surface area contributed by atoms with Crippen molar-refractivity contribution in [2.75, 3.05) is 26.2 Å². The zero-order chi connectivity index (χ0) is 16.2. The van der Waals surface area contributed by atoms with Gasteiger partial charge in [-0.2, -0.15) is 0 Å². The number of nitrogens with one attached hydrogen (secondary N) is 2. The molecule has 0 spiro atoms. The quantitative estimate of drug-likeness (QED) is 0.746. The summed E-state index contributed by atoms with van der Waals surface area (Å²) in [7, 11) is 0. The highest BCUT2D eigenvalue weighted by Gasteiger charge is 2.29. The number of aromatic nitrogens is 1. The maximum absolute atomic E-state index is 11.8. The fraction of sp³-hybridized carbons (Fsp3) is 0.471. The van der Waals surface area contributed by atoms with Crippen molar-refractivity contribution >= 4 is 16.8 Å². The molecule has 0 saturated carbocycles. The van der Waals surface area contributed by atoms with Gasteiger partial charge < -0.3 is 20.1 Å². The molecule has 23 heavy (non-hydrogen) atoms. The Hall–Kier alpha value is -2.05. The molecule has 124 valence electrons. The molecule has 1 aromatic heterocycles. The van der Waals surface area contributed by atoms with Gasteiger partial charge in [-0.05, 0) is 24.6 Å². The average Bonchev–Trinajstić information content (AvgIpc) is 3.02. The lowest BCUT2D eigenvalue weighted by Gasteiger charge is -2.35. The van der Waals surface area contributed by atoms with E-state index in [1.54, 1.807) is 0 Å². The third-order valence-electron chi connectivity index (χ3n) is 4.26. The van der Waals surface area contributed by atoms with Crippen molar-refractivity contribution in [2.24, 2.45) is 0 Å². The van der Waals surface area contributed by atoms with Crippen LogP contribution >= 0.6 is 0 Å². The van der Waals surface area contributed by atoms with E-state index in [1.807, 2.05) is 42.3 Å². The Kier molecular flexibility index (Phi) is 4.83. The molecule has 6 heteroatoms.